The van der Waals surface area contributed by atoms with Gasteiger partial charge in [-0.2, -0.15) is 0 Å². The summed E-state index contributed by atoms with van der Waals surface area (Å²) in [5.74, 6) is -0.180. The topological polar surface area (TPSA) is 38.3 Å². The van der Waals surface area contributed by atoms with E-state index in [1.54, 1.807) is 0 Å². The van der Waals surface area contributed by atoms with E-state index < -0.39 is 0 Å². The molecule has 0 aromatic rings. The molecule has 0 heterocycles. The summed E-state index contributed by atoms with van der Waals surface area (Å²) < 4.78 is 4.73. The Labute approximate surface area is 80.8 Å². The van der Waals surface area contributed by atoms with Crippen LogP contribution in [0.4, 0.5) is 0 Å². The summed E-state index contributed by atoms with van der Waals surface area (Å²) in [6.45, 7) is 8.99. The van der Waals surface area contributed by atoms with Gasteiger partial charge in [-0.3, -0.25) is 4.79 Å². The van der Waals surface area contributed by atoms with Crippen LogP contribution < -0.4 is 5.32 Å². The summed E-state index contributed by atoms with van der Waals surface area (Å²) in [6, 6.07) is -0.211. The Bertz CT molecular complexity index is 161. The van der Waals surface area contributed by atoms with Gasteiger partial charge >= 0.3 is 5.97 Å². The van der Waals surface area contributed by atoms with Crippen LogP contribution in [0.2, 0.25) is 0 Å². The van der Waals surface area contributed by atoms with Crippen LogP contribution in [-0.2, 0) is 9.53 Å². The SMILES string of the molecule is CCCNC(C(=O)OC)C(C)(C)C. The van der Waals surface area contributed by atoms with Gasteiger partial charge in [-0.15, -0.1) is 0 Å². The molecule has 0 radical (unpaired) electrons. The molecular formula is C10H21NO2. The van der Waals surface area contributed by atoms with Crippen LogP contribution in [-0.4, -0.2) is 25.7 Å². The molecule has 0 aromatic heterocycles. The molecule has 0 aromatic carbocycles. The molecule has 0 aliphatic rings. The van der Waals surface area contributed by atoms with E-state index in [0.29, 0.717) is 0 Å². The summed E-state index contributed by atoms with van der Waals surface area (Å²) in [6.07, 6.45) is 1.02. The maximum Gasteiger partial charge on any atom is 0.323 e. The molecule has 0 spiro atoms. The Kier molecular flexibility index (Phi) is 4.99. The van der Waals surface area contributed by atoms with Crippen molar-refractivity contribution in [2.45, 2.75) is 40.2 Å². The Morgan fingerprint density at radius 1 is 1.46 bits per heavy atom. The number of hydrogen-bond donors (Lipinski definition) is 1. The molecule has 0 bridgehead atoms. The number of nitrogens with one attached hydrogen (secondary N) is 1. The first-order valence-corrected chi connectivity index (χ1v) is 4.74. The third kappa shape index (κ3) is 4.27. The van der Waals surface area contributed by atoms with Crippen molar-refractivity contribution in [2.24, 2.45) is 5.41 Å². The van der Waals surface area contributed by atoms with Crippen LogP contribution in [0.15, 0.2) is 0 Å². The number of hydrogen-bond acceptors (Lipinski definition) is 3. The number of esters is 1. The van der Waals surface area contributed by atoms with Gasteiger partial charge in [-0.1, -0.05) is 27.7 Å². The lowest BCUT2D eigenvalue weighted by Crippen LogP contribution is -2.47. The first kappa shape index (κ1) is 12.4. The van der Waals surface area contributed by atoms with E-state index in [4.69, 9.17) is 4.74 Å². The van der Waals surface area contributed by atoms with Gasteiger partial charge in [0.05, 0.1) is 7.11 Å². The maximum absolute atomic E-state index is 11.4. The van der Waals surface area contributed by atoms with E-state index in [1.807, 2.05) is 20.8 Å². The van der Waals surface area contributed by atoms with E-state index >= 15 is 0 Å². The molecule has 0 rings (SSSR count). The zero-order chi connectivity index (χ0) is 10.5. The highest BCUT2D eigenvalue weighted by molar-refractivity contribution is 5.76. The Hall–Kier alpha value is -0.570. The van der Waals surface area contributed by atoms with Crippen LogP contribution in [0.3, 0.4) is 0 Å². The third-order valence-corrected chi connectivity index (χ3v) is 1.90. The van der Waals surface area contributed by atoms with Gasteiger partial charge in [0.25, 0.3) is 0 Å². The maximum atomic E-state index is 11.4. The molecule has 0 fully saturated rings. The van der Waals surface area contributed by atoms with Crippen molar-refractivity contribution >= 4 is 5.97 Å². The summed E-state index contributed by atoms with van der Waals surface area (Å²) in [4.78, 5) is 11.4. The molecule has 3 heteroatoms. The first-order valence-electron chi connectivity index (χ1n) is 4.74. The smallest absolute Gasteiger partial charge is 0.323 e. The fraction of sp³-hybridized carbons (Fsp3) is 0.900. The molecule has 78 valence electrons. The van der Waals surface area contributed by atoms with Crippen LogP contribution in [0.5, 0.6) is 0 Å². The molecule has 0 amide bonds. The first-order chi connectivity index (χ1) is 5.93. The van der Waals surface area contributed by atoms with Crippen LogP contribution in [0.1, 0.15) is 34.1 Å². The van der Waals surface area contributed by atoms with Gasteiger partial charge in [0.15, 0.2) is 0 Å². The number of carbonyl (C=O) groups is 1. The van der Waals surface area contributed by atoms with E-state index in [-0.39, 0.29) is 17.4 Å². The fourth-order valence-electron chi connectivity index (χ4n) is 1.15. The highest BCUT2D eigenvalue weighted by Gasteiger charge is 2.31. The average Bonchev–Trinajstić information content (AvgIpc) is 2.02. The molecule has 13 heavy (non-hydrogen) atoms. The number of carbonyl (C=O) groups excluding carboxylic acids is 1. The molecule has 0 aliphatic carbocycles. The summed E-state index contributed by atoms with van der Waals surface area (Å²) in [5.41, 5.74) is -0.0950. The van der Waals surface area contributed by atoms with Crippen LogP contribution >= 0.6 is 0 Å². The highest BCUT2D eigenvalue weighted by Crippen LogP contribution is 2.20. The van der Waals surface area contributed by atoms with E-state index in [0.717, 1.165) is 13.0 Å². The van der Waals surface area contributed by atoms with Gasteiger partial charge in [-0.25, -0.2) is 0 Å². The van der Waals surface area contributed by atoms with Gasteiger partial charge in [0.2, 0.25) is 0 Å². The summed E-state index contributed by atoms with van der Waals surface area (Å²) in [5, 5.41) is 3.19. The number of ether oxygens (including phenoxy) is 1. The quantitative estimate of drug-likeness (QED) is 0.679. The zero-order valence-electron chi connectivity index (χ0n) is 9.31. The average molecular weight is 187 g/mol. The molecular weight excluding hydrogens is 166 g/mol. The Morgan fingerprint density at radius 2 is 2.00 bits per heavy atom. The van der Waals surface area contributed by atoms with E-state index in [9.17, 15) is 4.79 Å². The molecule has 0 aliphatic heterocycles. The van der Waals surface area contributed by atoms with Crippen molar-refractivity contribution in [3.8, 4) is 0 Å². The molecule has 0 saturated carbocycles. The minimum absolute atomic E-state index is 0.0950. The van der Waals surface area contributed by atoms with Crippen molar-refractivity contribution in [3.63, 3.8) is 0 Å². The predicted molar refractivity (Wildman–Crippen MR) is 53.6 cm³/mol. The second-order valence-electron chi connectivity index (χ2n) is 4.28. The Morgan fingerprint density at radius 3 is 2.31 bits per heavy atom. The Balaban J connectivity index is 4.28. The predicted octanol–water partition coefficient (Wildman–Crippen LogP) is 1.57. The summed E-state index contributed by atoms with van der Waals surface area (Å²) in [7, 11) is 1.43. The lowest BCUT2D eigenvalue weighted by Gasteiger charge is -2.29. The van der Waals surface area contributed by atoms with Gasteiger partial charge in [-0.05, 0) is 18.4 Å². The monoisotopic (exact) mass is 187 g/mol. The lowest BCUT2D eigenvalue weighted by molar-refractivity contribution is -0.146. The lowest BCUT2D eigenvalue weighted by atomic mass is 9.86. The van der Waals surface area contributed by atoms with Crippen molar-refractivity contribution < 1.29 is 9.53 Å². The van der Waals surface area contributed by atoms with Crippen LogP contribution in [0.25, 0.3) is 0 Å². The van der Waals surface area contributed by atoms with Gasteiger partial charge < -0.3 is 10.1 Å². The minimum Gasteiger partial charge on any atom is -0.468 e. The van der Waals surface area contributed by atoms with Gasteiger partial charge in [0, 0.05) is 0 Å². The summed E-state index contributed by atoms with van der Waals surface area (Å²) >= 11 is 0. The van der Waals surface area contributed by atoms with Gasteiger partial charge in [0.1, 0.15) is 6.04 Å². The standard InChI is InChI=1S/C10H21NO2/c1-6-7-11-8(9(12)13-5)10(2,3)4/h8,11H,6-7H2,1-5H3. The second-order valence-corrected chi connectivity index (χ2v) is 4.28. The highest BCUT2D eigenvalue weighted by atomic mass is 16.5. The minimum atomic E-state index is -0.211. The largest absolute Gasteiger partial charge is 0.468 e. The third-order valence-electron chi connectivity index (χ3n) is 1.90. The second kappa shape index (κ2) is 5.22. The molecule has 1 N–H and O–H groups in total. The number of methoxy groups -OCH3 is 1. The number of rotatable bonds is 4. The molecule has 1 unspecified atom stereocenters. The fourth-order valence-corrected chi connectivity index (χ4v) is 1.15. The van der Waals surface area contributed by atoms with E-state index in [2.05, 4.69) is 12.2 Å². The van der Waals surface area contributed by atoms with Crippen molar-refractivity contribution in [2.75, 3.05) is 13.7 Å². The van der Waals surface area contributed by atoms with Crippen molar-refractivity contribution in [3.05, 3.63) is 0 Å². The van der Waals surface area contributed by atoms with E-state index in [1.165, 1.54) is 7.11 Å². The van der Waals surface area contributed by atoms with Crippen LogP contribution in [0, 0.1) is 5.41 Å². The molecule has 0 saturated heterocycles. The normalized spacial score (nSPS) is 13.9. The van der Waals surface area contributed by atoms with Crippen molar-refractivity contribution in [1.29, 1.82) is 0 Å². The molecule has 1 atom stereocenters. The van der Waals surface area contributed by atoms with Crippen molar-refractivity contribution in [1.82, 2.24) is 5.32 Å². The zero-order valence-corrected chi connectivity index (χ0v) is 9.31. The molecule has 3 nitrogen and oxygen atoms in total.